The van der Waals surface area contributed by atoms with Crippen LogP contribution in [0.15, 0.2) is 35.5 Å². The number of nitrogens with one attached hydrogen (secondary N) is 2. The summed E-state index contributed by atoms with van der Waals surface area (Å²) < 4.78 is 1.54. The molecule has 128 valence electrons. The third kappa shape index (κ3) is 5.65. The highest BCUT2D eigenvalue weighted by Gasteiger charge is 2.13. The summed E-state index contributed by atoms with van der Waals surface area (Å²) in [6, 6.07) is 8.89. The van der Waals surface area contributed by atoms with Gasteiger partial charge < -0.3 is 5.32 Å². The molecule has 0 radical (unpaired) electrons. The average Bonchev–Trinajstić information content (AvgIpc) is 3.02. The highest BCUT2D eigenvalue weighted by atomic mass is 32.2. The Bertz CT molecular complexity index is 674. The van der Waals surface area contributed by atoms with Crippen LogP contribution in [0.3, 0.4) is 0 Å². The molecule has 0 aliphatic rings. The van der Waals surface area contributed by atoms with Crippen LogP contribution in [0.5, 0.6) is 0 Å². The number of tetrazole rings is 1. The third-order valence-corrected chi connectivity index (χ3v) is 3.95. The summed E-state index contributed by atoms with van der Waals surface area (Å²) in [5.41, 5.74) is 0.803. The van der Waals surface area contributed by atoms with E-state index in [0.717, 1.165) is 23.9 Å². The second kappa shape index (κ2) is 9.02. The van der Waals surface area contributed by atoms with Crippen LogP contribution in [0.4, 0.5) is 4.79 Å². The van der Waals surface area contributed by atoms with E-state index in [1.54, 1.807) is 4.68 Å². The molecule has 0 fully saturated rings. The van der Waals surface area contributed by atoms with Crippen molar-refractivity contribution in [1.29, 1.82) is 0 Å². The number of nitrogens with zero attached hydrogens (tertiary/aromatic N) is 4. The molecule has 0 saturated heterocycles. The fourth-order valence-electron chi connectivity index (χ4n) is 1.81. The zero-order valence-corrected chi connectivity index (χ0v) is 14.4. The quantitative estimate of drug-likeness (QED) is 0.737. The van der Waals surface area contributed by atoms with Crippen LogP contribution in [0, 0.1) is 5.92 Å². The number of imide groups is 1. The number of aromatic nitrogens is 4. The van der Waals surface area contributed by atoms with Crippen LogP contribution in [-0.2, 0) is 4.79 Å². The van der Waals surface area contributed by atoms with Crippen LogP contribution < -0.4 is 10.6 Å². The Hall–Kier alpha value is -2.42. The van der Waals surface area contributed by atoms with Gasteiger partial charge in [0.15, 0.2) is 0 Å². The van der Waals surface area contributed by atoms with Crippen LogP contribution in [0.25, 0.3) is 5.69 Å². The highest BCUT2D eigenvalue weighted by Crippen LogP contribution is 2.17. The van der Waals surface area contributed by atoms with E-state index in [2.05, 4.69) is 40.0 Å². The number of carbonyl (C=O) groups is 2. The molecule has 0 aliphatic carbocycles. The molecule has 3 amide bonds. The Labute approximate surface area is 144 Å². The number of para-hydroxylation sites is 1. The highest BCUT2D eigenvalue weighted by molar-refractivity contribution is 7.99. The van der Waals surface area contributed by atoms with Crippen LogP contribution in [0.1, 0.15) is 20.3 Å². The molecule has 2 aromatic rings. The van der Waals surface area contributed by atoms with E-state index >= 15 is 0 Å². The molecule has 2 N–H and O–H groups in total. The van der Waals surface area contributed by atoms with Crippen LogP contribution in [0.2, 0.25) is 0 Å². The number of thioether (sulfide) groups is 1. The summed E-state index contributed by atoms with van der Waals surface area (Å²) in [6.45, 7) is 4.67. The van der Waals surface area contributed by atoms with Gasteiger partial charge in [0.2, 0.25) is 11.1 Å². The number of hydrogen-bond donors (Lipinski definition) is 2. The number of benzene rings is 1. The fraction of sp³-hybridized carbons (Fsp3) is 0.400. The van der Waals surface area contributed by atoms with Crippen molar-refractivity contribution in [1.82, 2.24) is 30.8 Å². The standard InChI is InChI=1S/C15H20N6O2S/c1-11(2)8-9-16-14(23)17-13(22)10-24-15-18-19-20-21(15)12-6-4-3-5-7-12/h3-7,11H,8-10H2,1-2H3,(H2,16,17,22,23). The van der Waals surface area contributed by atoms with Gasteiger partial charge in [0.05, 0.1) is 11.4 Å². The van der Waals surface area contributed by atoms with E-state index in [1.165, 1.54) is 0 Å². The van der Waals surface area contributed by atoms with Crippen molar-refractivity contribution in [3.8, 4) is 5.69 Å². The van der Waals surface area contributed by atoms with Gasteiger partial charge in [0, 0.05) is 6.54 Å². The Morgan fingerprint density at radius 1 is 1.25 bits per heavy atom. The largest absolute Gasteiger partial charge is 0.338 e. The van der Waals surface area contributed by atoms with Crippen molar-refractivity contribution in [3.05, 3.63) is 30.3 Å². The summed E-state index contributed by atoms with van der Waals surface area (Å²) in [5, 5.41) is 16.8. The smallest absolute Gasteiger partial charge is 0.321 e. The molecule has 0 atom stereocenters. The molecule has 8 nitrogen and oxygen atoms in total. The molecule has 0 saturated carbocycles. The molecular formula is C15H20N6O2S. The average molecular weight is 348 g/mol. The van der Waals surface area contributed by atoms with Crippen molar-refractivity contribution in [2.45, 2.75) is 25.4 Å². The number of urea groups is 1. The topological polar surface area (TPSA) is 102 Å². The van der Waals surface area contributed by atoms with Crippen LogP contribution in [-0.4, -0.2) is 44.4 Å². The van der Waals surface area contributed by atoms with Gasteiger partial charge in [0.1, 0.15) is 0 Å². The summed E-state index contributed by atoms with van der Waals surface area (Å²) >= 11 is 1.16. The summed E-state index contributed by atoms with van der Waals surface area (Å²) in [6.07, 6.45) is 0.863. The molecule has 0 aliphatic heterocycles. The van der Waals surface area contributed by atoms with Crippen molar-refractivity contribution in [2.75, 3.05) is 12.3 Å². The number of amides is 3. The lowest BCUT2D eigenvalue weighted by Gasteiger charge is -2.08. The zero-order chi connectivity index (χ0) is 17.4. The Morgan fingerprint density at radius 2 is 2.00 bits per heavy atom. The van der Waals surface area contributed by atoms with Gasteiger partial charge in [-0.3, -0.25) is 10.1 Å². The number of carbonyl (C=O) groups excluding carboxylic acids is 2. The van der Waals surface area contributed by atoms with Gasteiger partial charge in [0.25, 0.3) is 0 Å². The van der Waals surface area contributed by atoms with Gasteiger partial charge in [-0.2, -0.15) is 4.68 Å². The van der Waals surface area contributed by atoms with Crippen molar-refractivity contribution < 1.29 is 9.59 Å². The fourth-order valence-corrected chi connectivity index (χ4v) is 2.50. The first-order chi connectivity index (χ1) is 11.6. The zero-order valence-electron chi connectivity index (χ0n) is 13.6. The molecule has 0 unspecified atom stereocenters. The molecule has 0 bridgehead atoms. The maximum absolute atomic E-state index is 11.8. The molecule has 1 aromatic heterocycles. The Balaban J connectivity index is 1.81. The lowest BCUT2D eigenvalue weighted by Crippen LogP contribution is -2.40. The molecule has 1 heterocycles. The van der Waals surface area contributed by atoms with E-state index in [0.29, 0.717) is 17.6 Å². The number of hydrogen-bond acceptors (Lipinski definition) is 6. The van der Waals surface area contributed by atoms with Crippen molar-refractivity contribution in [3.63, 3.8) is 0 Å². The van der Waals surface area contributed by atoms with Crippen molar-refractivity contribution in [2.24, 2.45) is 5.92 Å². The van der Waals surface area contributed by atoms with Gasteiger partial charge in [-0.25, -0.2) is 4.79 Å². The maximum atomic E-state index is 11.8. The molecule has 24 heavy (non-hydrogen) atoms. The van der Waals surface area contributed by atoms with E-state index in [9.17, 15) is 9.59 Å². The van der Waals surface area contributed by atoms with Gasteiger partial charge in [-0.15, -0.1) is 5.10 Å². The van der Waals surface area contributed by atoms with E-state index in [-0.39, 0.29) is 5.75 Å². The second-order valence-electron chi connectivity index (χ2n) is 5.48. The molecule has 9 heteroatoms. The minimum atomic E-state index is -0.482. The molecular weight excluding hydrogens is 328 g/mol. The Morgan fingerprint density at radius 3 is 2.71 bits per heavy atom. The lowest BCUT2D eigenvalue weighted by atomic mass is 10.1. The lowest BCUT2D eigenvalue weighted by molar-refractivity contribution is -0.117. The normalized spacial score (nSPS) is 10.6. The monoisotopic (exact) mass is 348 g/mol. The van der Waals surface area contributed by atoms with Gasteiger partial charge in [-0.05, 0) is 34.9 Å². The first kappa shape index (κ1) is 17.9. The minimum absolute atomic E-state index is 0.0464. The van der Waals surface area contributed by atoms with Gasteiger partial charge in [-0.1, -0.05) is 43.8 Å². The SMILES string of the molecule is CC(C)CCNC(=O)NC(=O)CSc1nnnn1-c1ccccc1. The van der Waals surface area contributed by atoms with Gasteiger partial charge >= 0.3 is 6.03 Å². The Kier molecular flexibility index (Phi) is 6.74. The minimum Gasteiger partial charge on any atom is -0.338 e. The number of rotatable bonds is 7. The molecule has 0 spiro atoms. The molecule has 1 aromatic carbocycles. The first-order valence-electron chi connectivity index (χ1n) is 7.60. The van der Waals surface area contributed by atoms with E-state index in [4.69, 9.17) is 0 Å². The maximum Gasteiger partial charge on any atom is 0.321 e. The molecule has 2 rings (SSSR count). The predicted octanol–water partition coefficient (Wildman–Crippen LogP) is 1.63. The summed E-state index contributed by atoms with van der Waals surface area (Å²) in [5.74, 6) is 0.142. The van der Waals surface area contributed by atoms with E-state index < -0.39 is 11.9 Å². The third-order valence-electron chi connectivity index (χ3n) is 3.03. The summed E-state index contributed by atoms with van der Waals surface area (Å²) in [4.78, 5) is 23.4. The first-order valence-corrected chi connectivity index (χ1v) is 8.59. The predicted molar refractivity (Wildman–Crippen MR) is 90.9 cm³/mol. The second-order valence-corrected chi connectivity index (χ2v) is 6.43. The van der Waals surface area contributed by atoms with Crippen molar-refractivity contribution >= 4 is 23.7 Å². The van der Waals surface area contributed by atoms with E-state index in [1.807, 2.05) is 30.3 Å². The summed E-state index contributed by atoms with van der Waals surface area (Å²) in [7, 11) is 0. The van der Waals surface area contributed by atoms with Crippen LogP contribution >= 0.6 is 11.8 Å².